The number of para-hydroxylation sites is 4. The first kappa shape index (κ1) is 41.1. The maximum atomic E-state index is 8.00. The smallest absolute Gasteiger partial charge is 0.365 e. The molecular formula is C38H34NiO6P2S2. The van der Waals surface area contributed by atoms with E-state index in [0.717, 1.165) is 32.8 Å². The first-order valence-corrected chi connectivity index (χ1v) is 19.6. The summed E-state index contributed by atoms with van der Waals surface area (Å²) < 4.78 is 24.1. The van der Waals surface area contributed by atoms with Gasteiger partial charge in [0.1, 0.15) is 36.6 Å². The minimum absolute atomic E-state index is 0. The van der Waals surface area contributed by atoms with E-state index in [9.17, 15) is 0 Å². The monoisotopic (exact) mass is 770 g/mol. The summed E-state index contributed by atoms with van der Waals surface area (Å²) in [4.78, 5) is 18.3. The second kappa shape index (κ2) is 25.9. The van der Waals surface area contributed by atoms with Gasteiger partial charge in [0.15, 0.2) is 0 Å². The van der Waals surface area contributed by atoms with Crippen LogP contribution in [0.1, 0.15) is 0 Å². The van der Waals surface area contributed by atoms with Crippen LogP contribution in [0.3, 0.4) is 0 Å². The zero-order chi connectivity index (χ0) is 34.1. The van der Waals surface area contributed by atoms with Crippen LogP contribution in [-0.2, 0) is 26.1 Å². The minimum Gasteiger partial charge on any atom is -0.431 e. The quantitative estimate of drug-likeness (QED) is 0.0900. The maximum absolute atomic E-state index is 8.00. The Kier molecular flexibility index (Phi) is 21.7. The molecule has 0 saturated carbocycles. The molecule has 254 valence electrons. The molecule has 0 radical (unpaired) electrons. The Morgan fingerprint density at radius 2 is 0.510 bits per heavy atom. The molecule has 49 heavy (non-hydrogen) atoms. The van der Waals surface area contributed by atoms with Crippen LogP contribution in [-0.4, -0.2) is 13.6 Å². The van der Waals surface area contributed by atoms with Crippen LogP contribution in [0.25, 0.3) is 0 Å². The third kappa shape index (κ3) is 16.7. The van der Waals surface area contributed by atoms with Gasteiger partial charge in [-0.05, 0) is 95.6 Å². The van der Waals surface area contributed by atoms with Crippen LogP contribution in [0.4, 0.5) is 0 Å². The molecule has 0 spiro atoms. The Morgan fingerprint density at radius 1 is 0.327 bits per heavy atom. The van der Waals surface area contributed by atoms with Crippen molar-refractivity contribution in [3.63, 3.8) is 0 Å². The average molecular weight is 771 g/mol. The van der Waals surface area contributed by atoms with Gasteiger partial charge in [-0.25, -0.2) is 0 Å². The summed E-state index contributed by atoms with van der Waals surface area (Å²) in [5.74, 6) is 3.25. The fourth-order valence-corrected chi connectivity index (χ4v) is 9.06. The molecule has 0 atom stereocenters. The summed E-state index contributed by atoms with van der Waals surface area (Å²) in [5.41, 5.74) is 0. The number of carbonyl (C=O) groups is 2. The van der Waals surface area contributed by atoms with Crippen molar-refractivity contribution in [2.45, 2.75) is 9.79 Å². The fourth-order valence-electron chi connectivity index (χ4n) is 3.52. The second-order valence-electron chi connectivity index (χ2n) is 8.87. The molecule has 0 aromatic heterocycles. The SMILES string of the molecule is C=O.C=O.[Ni].c1ccc(OP(Oc2ccccc2)Sc2ccccc2)cc1.c1ccc(OP(Oc2ccccc2)Sc2ccccc2)cc1. The first-order valence-electron chi connectivity index (χ1n) is 14.4. The van der Waals surface area contributed by atoms with Gasteiger partial charge < -0.3 is 27.7 Å². The van der Waals surface area contributed by atoms with E-state index in [1.54, 1.807) is 22.8 Å². The van der Waals surface area contributed by atoms with E-state index in [2.05, 4.69) is 24.3 Å². The predicted molar refractivity (Wildman–Crippen MR) is 201 cm³/mol. The van der Waals surface area contributed by atoms with E-state index >= 15 is 0 Å². The molecule has 0 amide bonds. The van der Waals surface area contributed by atoms with Crippen LogP contribution < -0.4 is 18.1 Å². The van der Waals surface area contributed by atoms with E-state index in [1.165, 1.54) is 0 Å². The Labute approximate surface area is 308 Å². The first-order chi connectivity index (χ1) is 23.8. The van der Waals surface area contributed by atoms with Crippen molar-refractivity contribution in [2.24, 2.45) is 0 Å². The Hall–Kier alpha value is -4.09. The van der Waals surface area contributed by atoms with Gasteiger partial charge in [-0.1, -0.05) is 109 Å². The van der Waals surface area contributed by atoms with Gasteiger partial charge in [-0.3, -0.25) is 0 Å². The van der Waals surface area contributed by atoms with E-state index in [1.807, 2.05) is 171 Å². The summed E-state index contributed by atoms with van der Waals surface area (Å²) >= 11 is 3.20. The van der Waals surface area contributed by atoms with Crippen molar-refractivity contribution in [1.82, 2.24) is 0 Å². The Morgan fingerprint density at radius 3 is 0.714 bits per heavy atom. The minimum atomic E-state index is -1.17. The second-order valence-corrected chi connectivity index (χ2v) is 14.7. The van der Waals surface area contributed by atoms with Crippen molar-refractivity contribution in [3.05, 3.63) is 182 Å². The van der Waals surface area contributed by atoms with E-state index < -0.39 is 15.2 Å². The van der Waals surface area contributed by atoms with Crippen LogP contribution in [0.5, 0.6) is 23.0 Å². The number of carbonyl (C=O) groups excluding carboxylic acids is 2. The summed E-state index contributed by atoms with van der Waals surface area (Å²) in [6.45, 7) is 4.00. The molecule has 6 aromatic rings. The average Bonchev–Trinajstić information content (AvgIpc) is 3.16. The maximum Gasteiger partial charge on any atom is 0.365 e. The standard InChI is InChI=1S/2C18H15O2PS.2CH2O.Ni/c2*1-4-10-16(11-5-1)19-21(20-17-12-6-2-7-13-17)22-18-14-8-3-9-15-18;2*1-2;/h2*1-15H;2*1H2;. The van der Waals surface area contributed by atoms with Gasteiger partial charge >= 0.3 is 15.2 Å². The van der Waals surface area contributed by atoms with Gasteiger partial charge in [-0.15, -0.1) is 0 Å². The summed E-state index contributed by atoms with van der Waals surface area (Å²) in [6.07, 6.45) is 0. The van der Waals surface area contributed by atoms with E-state index in [0.29, 0.717) is 0 Å². The number of rotatable bonds is 12. The van der Waals surface area contributed by atoms with Crippen LogP contribution in [0.2, 0.25) is 0 Å². The molecule has 0 saturated heterocycles. The third-order valence-corrected chi connectivity index (χ3v) is 11.3. The van der Waals surface area contributed by atoms with Gasteiger partial charge in [0.2, 0.25) is 0 Å². The summed E-state index contributed by atoms with van der Waals surface area (Å²) in [7, 11) is -2.35. The number of hydrogen-bond donors (Lipinski definition) is 0. The van der Waals surface area contributed by atoms with E-state index in [4.69, 9.17) is 27.7 Å². The molecule has 0 aliphatic heterocycles. The fraction of sp³-hybridized carbons (Fsp3) is 0. The molecule has 0 N–H and O–H groups in total. The normalized spacial score (nSPS) is 9.51. The van der Waals surface area contributed by atoms with E-state index in [-0.39, 0.29) is 16.5 Å². The molecule has 0 aliphatic rings. The number of hydrogen-bond acceptors (Lipinski definition) is 8. The molecule has 0 bridgehead atoms. The Balaban J connectivity index is 0.000000303. The summed E-state index contributed by atoms with van der Waals surface area (Å²) in [5, 5.41) is 0. The van der Waals surface area contributed by atoms with Gasteiger partial charge in [0, 0.05) is 26.3 Å². The molecule has 6 nitrogen and oxygen atoms in total. The molecule has 11 heteroatoms. The van der Waals surface area contributed by atoms with Crippen LogP contribution in [0.15, 0.2) is 192 Å². The zero-order valence-corrected chi connectivity index (χ0v) is 30.6. The van der Waals surface area contributed by atoms with Crippen LogP contribution >= 0.6 is 37.9 Å². The molecule has 0 aliphatic carbocycles. The van der Waals surface area contributed by atoms with Crippen molar-refractivity contribution < 1.29 is 44.2 Å². The molecule has 6 aromatic carbocycles. The number of benzene rings is 6. The summed E-state index contributed by atoms with van der Waals surface area (Å²) in [6, 6.07) is 59.3. The van der Waals surface area contributed by atoms with Crippen molar-refractivity contribution >= 4 is 51.5 Å². The van der Waals surface area contributed by atoms with Gasteiger partial charge in [-0.2, -0.15) is 0 Å². The molecular weight excluding hydrogens is 737 g/mol. The van der Waals surface area contributed by atoms with Crippen molar-refractivity contribution in [1.29, 1.82) is 0 Å². The Bertz CT molecular complexity index is 1330. The zero-order valence-electron chi connectivity index (χ0n) is 26.2. The predicted octanol–water partition coefficient (Wildman–Crippen LogP) is 12.0. The molecule has 6 rings (SSSR count). The van der Waals surface area contributed by atoms with Crippen LogP contribution in [0, 0.1) is 0 Å². The molecule has 0 fully saturated rings. The third-order valence-electron chi connectivity index (χ3n) is 5.54. The van der Waals surface area contributed by atoms with Gasteiger partial charge in [0.05, 0.1) is 0 Å². The molecule has 0 heterocycles. The molecule has 0 unspecified atom stereocenters. The van der Waals surface area contributed by atoms with Crippen molar-refractivity contribution in [3.8, 4) is 23.0 Å². The van der Waals surface area contributed by atoms with Gasteiger partial charge in [0.25, 0.3) is 0 Å². The largest absolute Gasteiger partial charge is 0.431 e. The topological polar surface area (TPSA) is 71.1 Å². The van der Waals surface area contributed by atoms with Crippen molar-refractivity contribution in [2.75, 3.05) is 0 Å².